The lowest BCUT2D eigenvalue weighted by Crippen LogP contribution is -2.44. The molecule has 2 heterocycles. The second-order valence-corrected chi connectivity index (χ2v) is 5.39. The highest BCUT2D eigenvalue weighted by molar-refractivity contribution is 5.73. The summed E-state index contributed by atoms with van der Waals surface area (Å²) >= 11 is 0. The fraction of sp³-hybridized carbons (Fsp3) is 0.467. The Morgan fingerprint density at radius 2 is 2.20 bits per heavy atom. The van der Waals surface area contributed by atoms with Gasteiger partial charge in [-0.1, -0.05) is 18.6 Å². The van der Waals surface area contributed by atoms with Crippen LogP contribution >= 0.6 is 0 Å². The van der Waals surface area contributed by atoms with Crippen molar-refractivity contribution in [3.05, 3.63) is 40.3 Å². The molecule has 1 unspecified atom stereocenters. The molecule has 5 nitrogen and oxygen atoms in total. The Bertz CT molecular complexity index is 652. The number of aromatic nitrogens is 2. The molecule has 0 aliphatic carbocycles. The maximum atomic E-state index is 12.1. The van der Waals surface area contributed by atoms with E-state index in [9.17, 15) is 4.79 Å². The second kappa shape index (κ2) is 5.73. The van der Waals surface area contributed by atoms with Gasteiger partial charge in [0.2, 0.25) is 0 Å². The molecule has 1 aromatic heterocycles. The first-order valence-electron chi connectivity index (χ1n) is 7.20. The molecule has 0 bridgehead atoms. The first-order chi connectivity index (χ1) is 9.78. The molecule has 1 aromatic carbocycles. The van der Waals surface area contributed by atoms with Crippen molar-refractivity contribution in [3.63, 3.8) is 0 Å². The molecule has 5 heteroatoms. The fourth-order valence-electron chi connectivity index (χ4n) is 2.90. The van der Waals surface area contributed by atoms with Gasteiger partial charge in [0.1, 0.15) is 5.69 Å². The molecule has 106 valence electrons. The third-order valence-corrected chi connectivity index (χ3v) is 4.04. The number of piperidine rings is 1. The molecule has 3 N–H and O–H groups in total. The Kier molecular flexibility index (Phi) is 3.80. The number of hydrogen-bond acceptors (Lipinski definition) is 4. The second-order valence-electron chi connectivity index (χ2n) is 5.39. The van der Waals surface area contributed by atoms with Crippen LogP contribution in [0, 0.1) is 0 Å². The van der Waals surface area contributed by atoms with E-state index >= 15 is 0 Å². The lowest BCUT2D eigenvalue weighted by Gasteiger charge is -2.34. The first kappa shape index (κ1) is 13.3. The van der Waals surface area contributed by atoms with Gasteiger partial charge in [-0.25, -0.2) is 4.98 Å². The average molecular weight is 272 g/mol. The maximum absolute atomic E-state index is 12.1. The summed E-state index contributed by atoms with van der Waals surface area (Å²) < 4.78 is 0. The van der Waals surface area contributed by atoms with E-state index in [0.29, 0.717) is 24.8 Å². The molecule has 0 saturated carbocycles. The van der Waals surface area contributed by atoms with Crippen molar-refractivity contribution in [1.29, 1.82) is 0 Å². The molecule has 1 atom stereocenters. The van der Waals surface area contributed by atoms with Gasteiger partial charge >= 0.3 is 0 Å². The number of benzene rings is 1. The highest BCUT2D eigenvalue weighted by Crippen LogP contribution is 2.18. The predicted octanol–water partition coefficient (Wildman–Crippen LogP) is 1.24. The van der Waals surface area contributed by atoms with Crippen molar-refractivity contribution >= 4 is 11.0 Å². The van der Waals surface area contributed by atoms with Crippen LogP contribution in [0.25, 0.3) is 11.0 Å². The van der Waals surface area contributed by atoms with Gasteiger partial charge in [-0.2, -0.15) is 0 Å². The summed E-state index contributed by atoms with van der Waals surface area (Å²) in [6.07, 6.45) is 3.50. The molecular weight excluding hydrogens is 252 g/mol. The molecule has 3 rings (SSSR count). The number of nitrogens with one attached hydrogen (secondary N) is 1. The average Bonchev–Trinajstić information content (AvgIpc) is 2.48. The van der Waals surface area contributed by atoms with Crippen LogP contribution in [0.3, 0.4) is 0 Å². The van der Waals surface area contributed by atoms with Gasteiger partial charge in [-0.3, -0.25) is 9.69 Å². The van der Waals surface area contributed by atoms with Crippen LogP contribution in [-0.2, 0) is 6.54 Å². The number of fused-ring (bicyclic) bond motifs is 1. The number of hydrogen-bond donors (Lipinski definition) is 2. The molecule has 2 aromatic rings. The molecule has 1 saturated heterocycles. The van der Waals surface area contributed by atoms with Gasteiger partial charge in [0.15, 0.2) is 0 Å². The monoisotopic (exact) mass is 272 g/mol. The number of aromatic amines is 1. The summed E-state index contributed by atoms with van der Waals surface area (Å²) in [6, 6.07) is 7.99. The SMILES string of the molecule is NCC1CCCCN1Cc1nc2ccccc2[nH]c1=O. The highest BCUT2D eigenvalue weighted by atomic mass is 16.1. The summed E-state index contributed by atoms with van der Waals surface area (Å²) in [5.41, 5.74) is 7.95. The lowest BCUT2D eigenvalue weighted by molar-refractivity contribution is 0.142. The maximum Gasteiger partial charge on any atom is 0.271 e. The van der Waals surface area contributed by atoms with E-state index in [1.165, 1.54) is 12.8 Å². The number of nitrogens with zero attached hydrogens (tertiary/aromatic N) is 2. The Hall–Kier alpha value is -1.72. The largest absolute Gasteiger partial charge is 0.329 e. The zero-order chi connectivity index (χ0) is 13.9. The van der Waals surface area contributed by atoms with E-state index < -0.39 is 0 Å². The van der Waals surface area contributed by atoms with Crippen molar-refractivity contribution in [1.82, 2.24) is 14.9 Å². The van der Waals surface area contributed by atoms with Crippen molar-refractivity contribution in [2.75, 3.05) is 13.1 Å². The Balaban J connectivity index is 1.89. The van der Waals surface area contributed by atoms with Crippen LogP contribution in [0.4, 0.5) is 0 Å². The standard InChI is InChI=1S/C15H20N4O/c16-9-11-5-3-4-8-19(11)10-14-15(20)18-13-7-2-1-6-12(13)17-14/h1-2,6-7,11H,3-5,8-10,16H2,(H,18,20). The summed E-state index contributed by atoms with van der Waals surface area (Å²) in [4.78, 5) is 21.8. The van der Waals surface area contributed by atoms with Crippen LogP contribution in [0.15, 0.2) is 29.1 Å². The summed E-state index contributed by atoms with van der Waals surface area (Å²) in [6.45, 7) is 2.23. The van der Waals surface area contributed by atoms with Gasteiger partial charge in [-0.15, -0.1) is 0 Å². The zero-order valence-electron chi connectivity index (χ0n) is 11.5. The third kappa shape index (κ3) is 2.59. The van der Waals surface area contributed by atoms with Gasteiger partial charge in [0.25, 0.3) is 5.56 Å². The number of nitrogens with two attached hydrogens (primary N) is 1. The minimum absolute atomic E-state index is 0.0926. The van der Waals surface area contributed by atoms with Crippen molar-refractivity contribution in [2.45, 2.75) is 31.8 Å². The normalized spacial score (nSPS) is 20.4. The summed E-state index contributed by atoms with van der Waals surface area (Å²) in [7, 11) is 0. The van der Waals surface area contributed by atoms with Crippen LogP contribution in [0.1, 0.15) is 25.0 Å². The third-order valence-electron chi connectivity index (χ3n) is 4.04. The quantitative estimate of drug-likeness (QED) is 0.881. The number of H-pyrrole nitrogens is 1. The first-order valence-corrected chi connectivity index (χ1v) is 7.20. The van der Waals surface area contributed by atoms with E-state index in [-0.39, 0.29) is 5.56 Å². The van der Waals surface area contributed by atoms with E-state index in [1.54, 1.807) is 0 Å². The van der Waals surface area contributed by atoms with E-state index in [4.69, 9.17) is 5.73 Å². The Morgan fingerprint density at radius 3 is 3.05 bits per heavy atom. The number of rotatable bonds is 3. The topological polar surface area (TPSA) is 75.0 Å². The smallest absolute Gasteiger partial charge is 0.271 e. The van der Waals surface area contributed by atoms with Crippen LogP contribution in [0.2, 0.25) is 0 Å². The summed E-state index contributed by atoms with van der Waals surface area (Å²) in [5, 5.41) is 0. The fourth-order valence-corrected chi connectivity index (χ4v) is 2.90. The predicted molar refractivity (Wildman–Crippen MR) is 79.5 cm³/mol. The minimum atomic E-state index is -0.0926. The summed E-state index contributed by atoms with van der Waals surface area (Å²) in [5.74, 6) is 0. The molecule has 1 aliphatic heterocycles. The Labute approximate surface area is 117 Å². The molecule has 0 amide bonds. The van der Waals surface area contributed by atoms with Gasteiger partial charge in [-0.05, 0) is 31.5 Å². The van der Waals surface area contributed by atoms with Crippen LogP contribution in [-0.4, -0.2) is 34.0 Å². The zero-order valence-corrected chi connectivity index (χ0v) is 11.5. The molecule has 1 aliphatic rings. The molecular formula is C15H20N4O. The van der Waals surface area contributed by atoms with Gasteiger partial charge in [0, 0.05) is 19.1 Å². The van der Waals surface area contributed by atoms with Gasteiger partial charge < -0.3 is 10.7 Å². The molecule has 0 radical (unpaired) electrons. The van der Waals surface area contributed by atoms with E-state index in [2.05, 4.69) is 14.9 Å². The van der Waals surface area contributed by atoms with Crippen LogP contribution < -0.4 is 11.3 Å². The number of likely N-dealkylation sites (tertiary alicyclic amines) is 1. The van der Waals surface area contributed by atoms with Crippen molar-refractivity contribution in [2.24, 2.45) is 5.73 Å². The minimum Gasteiger partial charge on any atom is -0.329 e. The van der Waals surface area contributed by atoms with Crippen molar-refractivity contribution < 1.29 is 0 Å². The molecule has 1 fully saturated rings. The van der Waals surface area contributed by atoms with Crippen molar-refractivity contribution in [3.8, 4) is 0 Å². The van der Waals surface area contributed by atoms with Crippen LogP contribution in [0.5, 0.6) is 0 Å². The Morgan fingerprint density at radius 1 is 1.35 bits per heavy atom. The highest BCUT2D eigenvalue weighted by Gasteiger charge is 2.22. The van der Waals surface area contributed by atoms with E-state index in [1.807, 2.05) is 24.3 Å². The van der Waals surface area contributed by atoms with E-state index in [0.717, 1.165) is 24.0 Å². The molecule has 20 heavy (non-hydrogen) atoms. The molecule has 0 spiro atoms. The van der Waals surface area contributed by atoms with Gasteiger partial charge in [0.05, 0.1) is 11.0 Å². The lowest BCUT2D eigenvalue weighted by atomic mass is 10.0. The number of para-hydroxylation sites is 2.